The standard InChI is InChI=1S/C11H10NO.C10H10NO.2Y/c1-7-3-2-4-8-5-9-11(10(7)8)12-6-13-9;1-8-4-2-3-5-9(8)10-6-12-7-11-10;;/h2-4,9,11H,5H2,1H3;2-5,10H,6H2,1H3;;/q2*-1;;/t9-,11?;;;/m1.../s1. The third-order valence-corrected chi connectivity index (χ3v) is 4.94. The molecule has 4 nitrogen and oxygen atoms in total. The quantitative estimate of drug-likeness (QED) is 0.548. The summed E-state index contributed by atoms with van der Waals surface area (Å²) >= 11 is 0. The zero-order valence-corrected chi connectivity index (χ0v) is 21.2. The van der Waals surface area contributed by atoms with Crippen LogP contribution in [-0.2, 0) is 81.3 Å². The first-order valence-corrected chi connectivity index (χ1v) is 8.55. The summed E-state index contributed by atoms with van der Waals surface area (Å²) in [7, 11) is 0. The molecule has 134 valence electrons. The number of benzene rings is 2. The fourth-order valence-corrected chi connectivity index (χ4v) is 3.64. The summed E-state index contributed by atoms with van der Waals surface area (Å²) in [6.45, 7) is 4.85. The molecule has 0 N–H and O–H groups in total. The molecule has 2 unspecified atom stereocenters. The van der Waals surface area contributed by atoms with Gasteiger partial charge in [-0.25, -0.2) is 12.8 Å². The fourth-order valence-electron chi connectivity index (χ4n) is 3.64. The summed E-state index contributed by atoms with van der Waals surface area (Å²) < 4.78 is 10.2. The first kappa shape index (κ1) is 22.9. The van der Waals surface area contributed by atoms with E-state index in [1.807, 2.05) is 12.1 Å². The minimum absolute atomic E-state index is 0. The predicted octanol–water partition coefficient (Wildman–Crippen LogP) is 3.86. The van der Waals surface area contributed by atoms with Crippen LogP contribution in [0.25, 0.3) is 0 Å². The molecular weight excluding hydrogens is 490 g/mol. The number of hydrogen-bond acceptors (Lipinski definition) is 4. The number of ether oxygens (including phenoxy) is 2. The third-order valence-electron chi connectivity index (χ3n) is 4.94. The molecule has 2 heterocycles. The average Bonchev–Trinajstić information content (AvgIpc) is 3.33. The molecule has 0 bridgehead atoms. The molecule has 1 aliphatic carbocycles. The van der Waals surface area contributed by atoms with Gasteiger partial charge in [0.2, 0.25) is 0 Å². The van der Waals surface area contributed by atoms with Gasteiger partial charge in [-0.15, -0.1) is 0 Å². The molecule has 5 rings (SSSR count). The van der Waals surface area contributed by atoms with Crippen LogP contribution in [0.2, 0.25) is 0 Å². The second kappa shape index (κ2) is 10.4. The van der Waals surface area contributed by atoms with Gasteiger partial charge >= 0.3 is 0 Å². The molecule has 2 radical (unpaired) electrons. The molecule has 0 fully saturated rings. The predicted molar refractivity (Wildman–Crippen MR) is 97.2 cm³/mol. The summed E-state index contributed by atoms with van der Waals surface area (Å²) in [6.07, 6.45) is 6.34. The van der Waals surface area contributed by atoms with Gasteiger partial charge < -0.3 is 19.5 Å². The van der Waals surface area contributed by atoms with E-state index in [1.165, 1.54) is 27.8 Å². The summed E-state index contributed by atoms with van der Waals surface area (Å²) in [6, 6.07) is 15.0. The van der Waals surface area contributed by atoms with Crippen LogP contribution in [0, 0.1) is 13.8 Å². The van der Waals surface area contributed by atoms with Gasteiger partial charge in [0, 0.05) is 71.8 Å². The van der Waals surface area contributed by atoms with E-state index in [1.54, 1.807) is 0 Å². The Labute approximate surface area is 211 Å². The van der Waals surface area contributed by atoms with Crippen molar-refractivity contribution < 1.29 is 74.9 Å². The molecule has 0 aromatic heterocycles. The largest absolute Gasteiger partial charge is 0.673 e. The molecule has 3 atom stereocenters. The Balaban J connectivity index is 0.000000181. The normalized spacial score (nSPS) is 23.0. The van der Waals surface area contributed by atoms with Gasteiger partial charge in [-0.05, 0) is 41.7 Å². The molecule has 0 amide bonds. The number of nitrogens with zero attached hydrogens (tertiary/aromatic N) is 2. The van der Waals surface area contributed by atoms with Crippen molar-refractivity contribution in [2.24, 2.45) is 9.98 Å². The zero-order valence-electron chi connectivity index (χ0n) is 15.6. The number of rotatable bonds is 1. The molecule has 27 heavy (non-hydrogen) atoms. The van der Waals surface area contributed by atoms with Crippen molar-refractivity contribution in [3.05, 3.63) is 70.3 Å². The van der Waals surface area contributed by atoms with Crippen molar-refractivity contribution in [1.82, 2.24) is 0 Å². The minimum Gasteiger partial charge on any atom is -0.673 e. The van der Waals surface area contributed by atoms with Crippen LogP contribution < -0.4 is 0 Å². The van der Waals surface area contributed by atoms with Gasteiger partial charge in [-0.2, -0.15) is 0 Å². The van der Waals surface area contributed by atoms with Crippen LogP contribution in [-0.4, -0.2) is 25.5 Å². The summed E-state index contributed by atoms with van der Waals surface area (Å²) in [5, 5.41) is 0. The zero-order chi connectivity index (χ0) is 17.2. The van der Waals surface area contributed by atoms with Crippen molar-refractivity contribution >= 4 is 12.8 Å². The van der Waals surface area contributed by atoms with Gasteiger partial charge in [-0.3, -0.25) is 0 Å². The van der Waals surface area contributed by atoms with Crippen LogP contribution in [0.4, 0.5) is 0 Å². The first-order chi connectivity index (χ1) is 12.2. The molecule has 0 spiro atoms. The van der Waals surface area contributed by atoms with E-state index in [0.717, 1.165) is 6.42 Å². The van der Waals surface area contributed by atoms with Crippen molar-refractivity contribution in [3.63, 3.8) is 0 Å². The number of aliphatic imine (C=N–C) groups is 2. The Bertz CT molecular complexity index is 839. The van der Waals surface area contributed by atoms with Crippen LogP contribution >= 0.6 is 0 Å². The Kier molecular flexibility index (Phi) is 8.80. The molecule has 3 aliphatic rings. The molecule has 2 aliphatic heterocycles. The Morgan fingerprint density at radius 3 is 2.44 bits per heavy atom. The minimum atomic E-state index is 0. The number of fused-ring (bicyclic) bond motifs is 3. The molecule has 0 saturated heterocycles. The number of hydrogen-bond donors (Lipinski definition) is 0. The van der Waals surface area contributed by atoms with Crippen LogP contribution in [0.5, 0.6) is 0 Å². The van der Waals surface area contributed by atoms with E-state index < -0.39 is 0 Å². The van der Waals surface area contributed by atoms with Crippen molar-refractivity contribution in [1.29, 1.82) is 0 Å². The smallest absolute Gasteiger partial charge is 0.0866 e. The van der Waals surface area contributed by atoms with E-state index in [9.17, 15) is 0 Å². The van der Waals surface area contributed by atoms with Gasteiger partial charge in [-0.1, -0.05) is 42.5 Å². The third kappa shape index (κ3) is 4.96. The molecule has 2 aromatic carbocycles. The topological polar surface area (TPSA) is 43.2 Å². The van der Waals surface area contributed by atoms with Crippen molar-refractivity contribution in [2.75, 3.05) is 6.61 Å². The van der Waals surface area contributed by atoms with E-state index in [2.05, 4.69) is 67.0 Å². The number of aryl methyl sites for hydroxylation is 2. The summed E-state index contributed by atoms with van der Waals surface area (Å²) in [4.78, 5) is 8.32. The van der Waals surface area contributed by atoms with Crippen molar-refractivity contribution in [3.8, 4) is 0 Å². The van der Waals surface area contributed by atoms with E-state index >= 15 is 0 Å². The Hall–Kier alpha value is -0.412. The van der Waals surface area contributed by atoms with Gasteiger partial charge in [0.1, 0.15) is 0 Å². The summed E-state index contributed by atoms with van der Waals surface area (Å²) in [5.41, 5.74) is 6.57. The fraction of sp³-hybridized carbons (Fsp3) is 0.333. The van der Waals surface area contributed by atoms with Gasteiger partial charge in [0.15, 0.2) is 0 Å². The van der Waals surface area contributed by atoms with E-state index in [4.69, 9.17) is 9.47 Å². The van der Waals surface area contributed by atoms with E-state index in [0.29, 0.717) is 6.61 Å². The van der Waals surface area contributed by atoms with Gasteiger partial charge in [0.25, 0.3) is 0 Å². The maximum atomic E-state index is 5.30. The molecule has 2 aromatic rings. The van der Waals surface area contributed by atoms with Crippen LogP contribution in [0.1, 0.15) is 39.9 Å². The Morgan fingerprint density at radius 1 is 0.926 bits per heavy atom. The average molecular weight is 510 g/mol. The second-order valence-corrected chi connectivity index (χ2v) is 6.58. The molecule has 0 saturated carbocycles. The molecular formula is C21H20N2O2Y2-2. The van der Waals surface area contributed by atoms with Crippen LogP contribution in [0.15, 0.2) is 52.4 Å². The molecule has 6 heteroatoms. The Morgan fingerprint density at radius 2 is 1.70 bits per heavy atom. The summed E-state index contributed by atoms with van der Waals surface area (Å²) in [5.74, 6) is 0. The van der Waals surface area contributed by atoms with Crippen molar-refractivity contribution in [2.45, 2.75) is 38.5 Å². The SMILES string of the molecule is Cc1cccc2c1C1N=[C-]O[C@@H]1C2.Cc1ccccc1C1CO[C-]=N1.[Y].[Y]. The first-order valence-electron chi connectivity index (χ1n) is 8.55. The maximum absolute atomic E-state index is 5.30. The maximum Gasteiger partial charge on any atom is 0.0866 e. The van der Waals surface area contributed by atoms with Gasteiger partial charge in [0.05, 0.1) is 24.8 Å². The second-order valence-electron chi connectivity index (χ2n) is 6.58. The monoisotopic (exact) mass is 510 g/mol. The van der Waals surface area contributed by atoms with E-state index in [-0.39, 0.29) is 83.6 Å². The van der Waals surface area contributed by atoms with Crippen LogP contribution in [0.3, 0.4) is 0 Å².